The first kappa shape index (κ1) is 20.5. The summed E-state index contributed by atoms with van der Waals surface area (Å²) in [5, 5.41) is 11.2. The molecule has 0 aromatic heterocycles. The van der Waals surface area contributed by atoms with E-state index in [1.54, 1.807) is 37.2 Å². The summed E-state index contributed by atoms with van der Waals surface area (Å²) in [6.07, 6.45) is 2.68. The normalized spacial score (nSPS) is 13.8. The van der Waals surface area contributed by atoms with E-state index in [2.05, 4.69) is 0 Å². The van der Waals surface area contributed by atoms with E-state index >= 15 is 0 Å². The maximum absolute atomic E-state index is 12.4. The van der Waals surface area contributed by atoms with Gasteiger partial charge in [0.05, 0.1) is 18.0 Å². The highest BCUT2D eigenvalue weighted by Gasteiger charge is 2.22. The predicted octanol–water partition coefficient (Wildman–Crippen LogP) is 2.70. The molecule has 0 unspecified atom stereocenters. The smallest absolute Gasteiger partial charge is 0.409 e. The third-order valence-electron chi connectivity index (χ3n) is 4.40. The molecule has 0 bridgehead atoms. The Hall–Kier alpha value is -2.84. The lowest BCUT2D eigenvalue weighted by Gasteiger charge is -2.28. The molecule has 1 saturated heterocycles. The zero-order chi connectivity index (χ0) is 19.8. The zero-order valence-electron chi connectivity index (χ0n) is 15.8. The molecule has 3 amide bonds. The quantitative estimate of drug-likeness (QED) is 0.560. The van der Waals surface area contributed by atoms with E-state index in [1.807, 2.05) is 0 Å². The average molecular weight is 378 g/mol. The van der Waals surface area contributed by atoms with Crippen LogP contribution in [-0.4, -0.2) is 72.1 Å². The fraction of sp³-hybridized carbons (Fsp3) is 0.556. The lowest BCUT2D eigenvalue weighted by atomic mass is 10.1. The summed E-state index contributed by atoms with van der Waals surface area (Å²) in [5.41, 5.74) is 0.388. The van der Waals surface area contributed by atoms with Gasteiger partial charge in [-0.25, -0.2) is 9.59 Å². The molecule has 1 fully saturated rings. The number of urea groups is 1. The number of hydrogen-bond donors (Lipinski definition) is 0. The van der Waals surface area contributed by atoms with Gasteiger partial charge in [0.25, 0.3) is 5.69 Å². The number of nitro groups is 1. The molecule has 0 saturated carbocycles. The number of carbonyl (C=O) groups is 2. The van der Waals surface area contributed by atoms with Crippen molar-refractivity contribution in [1.29, 1.82) is 0 Å². The first-order valence-electron chi connectivity index (χ1n) is 9.00. The Morgan fingerprint density at radius 3 is 2.48 bits per heavy atom. The lowest BCUT2D eigenvalue weighted by Crippen LogP contribution is -2.42. The van der Waals surface area contributed by atoms with Gasteiger partial charge in [0.15, 0.2) is 0 Å². The van der Waals surface area contributed by atoms with Crippen molar-refractivity contribution in [2.75, 3.05) is 40.3 Å². The molecule has 1 aliphatic rings. The van der Waals surface area contributed by atoms with Gasteiger partial charge >= 0.3 is 12.1 Å². The Balaban J connectivity index is 1.99. The number of hydrogen-bond acceptors (Lipinski definition) is 5. The lowest BCUT2D eigenvalue weighted by molar-refractivity contribution is -0.385. The van der Waals surface area contributed by atoms with Crippen LogP contribution in [0.5, 0.6) is 0 Å². The van der Waals surface area contributed by atoms with Gasteiger partial charge in [0, 0.05) is 38.8 Å². The van der Waals surface area contributed by atoms with Gasteiger partial charge in [-0.05, 0) is 19.3 Å². The van der Waals surface area contributed by atoms with E-state index in [0.717, 1.165) is 19.3 Å². The Labute approximate surface area is 158 Å². The molecule has 0 spiro atoms. The number of likely N-dealkylation sites (tertiary alicyclic amines) is 1. The topological polar surface area (TPSA) is 96.2 Å². The van der Waals surface area contributed by atoms with Crippen LogP contribution in [0.4, 0.5) is 15.3 Å². The second-order valence-electron chi connectivity index (χ2n) is 6.65. The maximum atomic E-state index is 12.4. The number of piperidine rings is 1. The van der Waals surface area contributed by atoms with Gasteiger partial charge in [-0.1, -0.05) is 18.2 Å². The van der Waals surface area contributed by atoms with Crippen molar-refractivity contribution in [1.82, 2.24) is 14.7 Å². The van der Waals surface area contributed by atoms with Crippen molar-refractivity contribution >= 4 is 17.8 Å². The van der Waals surface area contributed by atoms with Crippen molar-refractivity contribution in [3.05, 3.63) is 39.9 Å². The van der Waals surface area contributed by atoms with Crippen LogP contribution in [0.2, 0.25) is 0 Å². The van der Waals surface area contributed by atoms with Gasteiger partial charge in [0.1, 0.15) is 6.61 Å². The largest absolute Gasteiger partial charge is 0.448 e. The molecule has 1 heterocycles. The first-order valence-corrected chi connectivity index (χ1v) is 9.00. The van der Waals surface area contributed by atoms with Gasteiger partial charge in [-0.3, -0.25) is 10.1 Å². The number of benzene rings is 1. The van der Waals surface area contributed by atoms with Gasteiger partial charge in [-0.2, -0.15) is 0 Å². The summed E-state index contributed by atoms with van der Waals surface area (Å²) in [6.45, 7) is 1.64. The summed E-state index contributed by atoms with van der Waals surface area (Å²) in [4.78, 5) is 39.8. The second-order valence-corrected chi connectivity index (χ2v) is 6.65. The molecular formula is C18H26N4O5. The number of amides is 3. The Morgan fingerprint density at radius 2 is 1.85 bits per heavy atom. The van der Waals surface area contributed by atoms with Crippen molar-refractivity contribution in [3.8, 4) is 0 Å². The minimum Gasteiger partial charge on any atom is -0.448 e. The zero-order valence-corrected chi connectivity index (χ0v) is 15.8. The van der Waals surface area contributed by atoms with Gasteiger partial charge < -0.3 is 19.4 Å². The predicted molar refractivity (Wildman–Crippen MR) is 99.4 cm³/mol. The van der Waals surface area contributed by atoms with E-state index in [9.17, 15) is 19.7 Å². The molecule has 1 aromatic carbocycles. The number of nitro benzene ring substituents is 1. The molecule has 2 rings (SSSR count). The van der Waals surface area contributed by atoms with Gasteiger partial charge in [-0.15, -0.1) is 0 Å². The van der Waals surface area contributed by atoms with Crippen LogP contribution in [0.25, 0.3) is 0 Å². The number of rotatable bonds is 6. The van der Waals surface area contributed by atoms with Crippen molar-refractivity contribution in [3.63, 3.8) is 0 Å². The minimum absolute atomic E-state index is 0.0372. The van der Waals surface area contributed by atoms with Crippen LogP contribution in [0.3, 0.4) is 0 Å². The van der Waals surface area contributed by atoms with E-state index < -0.39 is 4.92 Å². The summed E-state index contributed by atoms with van der Waals surface area (Å²) >= 11 is 0. The van der Waals surface area contributed by atoms with Crippen LogP contribution in [0, 0.1) is 10.1 Å². The fourth-order valence-electron chi connectivity index (χ4n) is 2.96. The molecule has 0 N–H and O–H groups in total. The van der Waals surface area contributed by atoms with E-state index in [4.69, 9.17) is 4.74 Å². The van der Waals surface area contributed by atoms with Crippen LogP contribution in [0.1, 0.15) is 24.8 Å². The highest BCUT2D eigenvalue weighted by molar-refractivity contribution is 5.74. The number of para-hydroxylation sites is 1. The van der Waals surface area contributed by atoms with E-state index in [1.165, 1.54) is 15.9 Å². The van der Waals surface area contributed by atoms with E-state index in [0.29, 0.717) is 18.7 Å². The minimum atomic E-state index is -0.468. The standard InChI is InChI=1S/C18H26N4O5/c1-19(2)17(23)21(14-15-8-4-5-9-16(15)22(25)26)12-13-27-18(24)20-10-6-3-7-11-20/h4-5,8-9H,3,6-7,10-14H2,1-2H3. The van der Waals surface area contributed by atoms with Crippen LogP contribution in [0.15, 0.2) is 24.3 Å². The molecule has 0 atom stereocenters. The molecular weight excluding hydrogens is 352 g/mol. The van der Waals surface area contributed by atoms with Gasteiger partial charge in [0.2, 0.25) is 0 Å². The number of carbonyl (C=O) groups excluding carboxylic acids is 2. The fourth-order valence-corrected chi connectivity index (χ4v) is 2.96. The molecule has 0 aliphatic carbocycles. The van der Waals surface area contributed by atoms with Crippen molar-refractivity contribution in [2.45, 2.75) is 25.8 Å². The highest BCUT2D eigenvalue weighted by atomic mass is 16.6. The summed E-state index contributed by atoms with van der Waals surface area (Å²) in [6, 6.07) is 6.00. The summed E-state index contributed by atoms with van der Waals surface area (Å²) in [5.74, 6) is 0. The average Bonchev–Trinajstić information content (AvgIpc) is 2.67. The third kappa shape index (κ3) is 5.83. The second kappa shape index (κ2) is 9.75. The molecule has 27 heavy (non-hydrogen) atoms. The SMILES string of the molecule is CN(C)C(=O)N(CCOC(=O)N1CCCCC1)Cc1ccccc1[N+](=O)[O-]. The van der Waals surface area contributed by atoms with Crippen molar-refractivity contribution < 1.29 is 19.2 Å². The Bertz CT molecular complexity index is 673. The molecule has 148 valence electrons. The van der Waals surface area contributed by atoms with Crippen molar-refractivity contribution in [2.24, 2.45) is 0 Å². The number of ether oxygens (including phenoxy) is 1. The monoisotopic (exact) mass is 378 g/mol. The first-order chi connectivity index (χ1) is 12.9. The molecule has 1 aliphatic heterocycles. The van der Waals surface area contributed by atoms with Crippen LogP contribution < -0.4 is 0 Å². The molecule has 1 aromatic rings. The highest BCUT2D eigenvalue weighted by Crippen LogP contribution is 2.20. The van der Waals surface area contributed by atoms with E-state index in [-0.39, 0.29) is 37.5 Å². The third-order valence-corrected chi connectivity index (χ3v) is 4.40. The Kier molecular flexibility index (Phi) is 7.39. The maximum Gasteiger partial charge on any atom is 0.409 e. The summed E-state index contributed by atoms with van der Waals surface area (Å²) in [7, 11) is 3.21. The molecule has 9 nitrogen and oxygen atoms in total. The van der Waals surface area contributed by atoms with Crippen LogP contribution in [-0.2, 0) is 11.3 Å². The number of nitrogens with zero attached hydrogens (tertiary/aromatic N) is 4. The Morgan fingerprint density at radius 1 is 1.19 bits per heavy atom. The molecule has 0 radical (unpaired) electrons. The molecule has 9 heteroatoms. The summed E-state index contributed by atoms with van der Waals surface area (Å²) < 4.78 is 5.30. The van der Waals surface area contributed by atoms with Crippen LogP contribution >= 0.6 is 0 Å².